The van der Waals surface area contributed by atoms with E-state index in [9.17, 15) is 0 Å². The predicted molar refractivity (Wildman–Crippen MR) is 93.4 cm³/mol. The van der Waals surface area contributed by atoms with E-state index in [1.54, 1.807) is 7.11 Å². The van der Waals surface area contributed by atoms with Gasteiger partial charge in [-0.05, 0) is 75.9 Å². The van der Waals surface area contributed by atoms with Gasteiger partial charge in [0.1, 0.15) is 6.10 Å². The summed E-state index contributed by atoms with van der Waals surface area (Å²) in [5, 5.41) is 3.50. The second kappa shape index (κ2) is 8.02. The summed E-state index contributed by atoms with van der Waals surface area (Å²) in [6.07, 6.45) is 6.24. The molecular formula is C19H30N2O2. The molecular weight excluding hydrogens is 288 g/mol. The summed E-state index contributed by atoms with van der Waals surface area (Å²) in [5.74, 6) is 2.52. The fourth-order valence-electron chi connectivity index (χ4n) is 3.65. The largest absolute Gasteiger partial charge is 0.493 e. The first-order valence-corrected chi connectivity index (χ1v) is 8.97. The molecule has 0 aromatic heterocycles. The van der Waals surface area contributed by atoms with Gasteiger partial charge in [-0.2, -0.15) is 0 Å². The van der Waals surface area contributed by atoms with E-state index in [1.165, 1.54) is 24.9 Å². The van der Waals surface area contributed by atoms with Gasteiger partial charge < -0.3 is 19.7 Å². The summed E-state index contributed by atoms with van der Waals surface area (Å²) in [4.78, 5) is 2.36. The lowest BCUT2D eigenvalue weighted by atomic mass is 9.92. The zero-order valence-electron chi connectivity index (χ0n) is 14.5. The van der Waals surface area contributed by atoms with E-state index in [0.29, 0.717) is 6.10 Å². The molecule has 128 valence electrons. The molecule has 2 aliphatic rings. The number of nitrogens with one attached hydrogen (secondary N) is 1. The Morgan fingerprint density at radius 3 is 2.70 bits per heavy atom. The minimum absolute atomic E-state index is 0.312. The third-order valence-corrected chi connectivity index (χ3v) is 5.11. The lowest BCUT2D eigenvalue weighted by Gasteiger charge is -2.30. The number of benzene rings is 1. The first-order valence-electron chi connectivity index (χ1n) is 8.97. The van der Waals surface area contributed by atoms with Crippen LogP contribution in [0.25, 0.3) is 0 Å². The fourth-order valence-corrected chi connectivity index (χ4v) is 3.65. The fraction of sp³-hybridized carbons (Fsp3) is 0.684. The van der Waals surface area contributed by atoms with Crippen LogP contribution in [0.15, 0.2) is 18.2 Å². The highest BCUT2D eigenvalue weighted by Gasteiger charge is 2.20. The number of rotatable bonds is 5. The molecule has 1 N–H and O–H groups in total. The van der Waals surface area contributed by atoms with Crippen LogP contribution in [0.4, 0.5) is 0 Å². The van der Waals surface area contributed by atoms with Crippen molar-refractivity contribution in [1.29, 1.82) is 0 Å². The molecule has 1 aromatic carbocycles. The maximum atomic E-state index is 6.29. The van der Waals surface area contributed by atoms with Crippen LogP contribution in [0.3, 0.4) is 0 Å². The van der Waals surface area contributed by atoms with Gasteiger partial charge in [-0.15, -0.1) is 0 Å². The van der Waals surface area contributed by atoms with E-state index >= 15 is 0 Å². The van der Waals surface area contributed by atoms with Gasteiger partial charge in [0, 0.05) is 13.1 Å². The Hall–Kier alpha value is -1.26. The molecule has 4 nitrogen and oxygen atoms in total. The van der Waals surface area contributed by atoms with Crippen molar-refractivity contribution in [1.82, 2.24) is 10.2 Å². The smallest absolute Gasteiger partial charge is 0.161 e. The summed E-state index contributed by atoms with van der Waals surface area (Å²) in [7, 11) is 3.90. The Balaban J connectivity index is 1.65. The van der Waals surface area contributed by atoms with Crippen LogP contribution in [0, 0.1) is 5.92 Å². The molecule has 4 heteroatoms. The van der Waals surface area contributed by atoms with Crippen LogP contribution in [-0.2, 0) is 6.42 Å². The zero-order chi connectivity index (χ0) is 16.1. The quantitative estimate of drug-likeness (QED) is 0.905. The Morgan fingerprint density at radius 2 is 2.00 bits per heavy atom. The van der Waals surface area contributed by atoms with Crippen molar-refractivity contribution in [3.05, 3.63) is 23.8 Å². The van der Waals surface area contributed by atoms with E-state index in [0.717, 1.165) is 56.3 Å². The molecule has 1 atom stereocenters. The van der Waals surface area contributed by atoms with E-state index in [2.05, 4.69) is 35.5 Å². The van der Waals surface area contributed by atoms with Gasteiger partial charge >= 0.3 is 0 Å². The molecule has 0 aliphatic carbocycles. The van der Waals surface area contributed by atoms with Crippen molar-refractivity contribution in [2.45, 2.75) is 38.2 Å². The van der Waals surface area contributed by atoms with Gasteiger partial charge in [-0.25, -0.2) is 0 Å². The lowest BCUT2D eigenvalue weighted by molar-refractivity contribution is 0.111. The number of ether oxygens (including phenoxy) is 2. The average Bonchev–Trinajstić information content (AvgIpc) is 2.58. The Morgan fingerprint density at radius 1 is 1.17 bits per heavy atom. The predicted octanol–water partition coefficient (Wildman–Crippen LogP) is 2.71. The lowest BCUT2D eigenvalue weighted by Crippen LogP contribution is -2.35. The van der Waals surface area contributed by atoms with E-state index in [4.69, 9.17) is 9.47 Å². The number of likely N-dealkylation sites (tertiary alicyclic amines) is 1. The maximum Gasteiger partial charge on any atom is 0.161 e. The van der Waals surface area contributed by atoms with Crippen LogP contribution >= 0.6 is 0 Å². The summed E-state index contributed by atoms with van der Waals surface area (Å²) >= 11 is 0. The highest BCUT2D eigenvalue weighted by molar-refractivity contribution is 5.43. The highest BCUT2D eigenvalue weighted by Crippen LogP contribution is 2.32. The summed E-state index contributed by atoms with van der Waals surface area (Å²) in [6, 6.07) is 6.45. The van der Waals surface area contributed by atoms with Crippen molar-refractivity contribution in [2.75, 3.05) is 40.3 Å². The Labute approximate surface area is 140 Å². The monoisotopic (exact) mass is 318 g/mol. The van der Waals surface area contributed by atoms with Gasteiger partial charge in [0.2, 0.25) is 0 Å². The van der Waals surface area contributed by atoms with Gasteiger partial charge in [-0.3, -0.25) is 0 Å². The molecule has 0 amide bonds. The SMILES string of the molecule is COc1ccc(CC2CCCNC2)cc1OC1CCN(C)CC1. The van der Waals surface area contributed by atoms with E-state index in [1.807, 2.05) is 0 Å². The van der Waals surface area contributed by atoms with Gasteiger partial charge in [-0.1, -0.05) is 6.07 Å². The summed E-state index contributed by atoms with van der Waals surface area (Å²) in [6.45, 7) is 4.53. The maximum absolute atomic E-state index is 6.29. The minimum atomic E-state index is 0.312. The van der Waals surface area contributed by atoms with Crippen molar-refractivity contribution in [3.8, 4) is 11.5 Å². The number of hydrogen-bond acceptors (Lipinski definition) is 4. The van der Waals surface area contributed by atoms with Crippen molar-refractivity contribution in [3.63, 3.8) is 0 Å². The number of hydrogen-bond donors (Lipinski definition) is 1. The molecule has 0 radical (unpaired) electrons. The molecule has 1 unspecified atom stereocenters. The first-order chi connectivity index (χ1) is 11.2. The molecule has 0 bridgehead atoms. The number of nitrogens with zero attached hydrogens (tertiary/aromatic N) is 1. The molecule has 2 saturated heterocycles. The topological polar surface area (TPSA) is 33.7 Å². The Kier molecular flexibility index (Phi) is 5.79. The normalized spacial score (nSPS) is 23.7. The molecule has 0 saturated carbocycles. The summed E-state index contributed by atoms with van der Waals surface area (Å²) in [5.41, 5.74) is 1.36. The molecule has 0 spiro atoms. The summed E-state index contributed by atoms with van der Waals surface area (Å²) < 4.78 is 11.8. The number of methoxy groups -OCH3 is 1. The van der Waals surface area contributed by atoms with E-state index < -0.39 is 0 Å². The van der Waals surface area contributed by atoms with Gasteiger partial charge in [0.05, 0.1) is 7.11 Å². The first kappa shape index (κ1) is 16.6. The van der Waals surface area contributed by atoms with Gasteiger partial charge in [0.15, 0.2) is 11.5 Å². The molecule has 23 heavy (non-hydrogen) atoms. The van der Waals surface area contributed by atoms with Crippen LogP contribution in [-0.4, -0.2) is 51.3 Å². The highest BCUT2D eigenvalue weighted by atomic mass is 16.5. The second-order valence-electron chi connectivity index (χ2n) is 7.02. The van der Waals surface area contributed by atoms with Crippen molar-refractivity contribution >= 4 is 0 Å². The molecule has 3 rings (SSSR count). The zero-order valence-corrected chi connectivity index (χ0v) is 14.5. The van der Waals surface area contributed by atoms with Crippen LogP contribution < -0.4 is 14.8 Å². The third kappa shape index (κ3) is 4.61. The minimum Gasteiger partial charge on any atom is -0.493 e. The number of piperidine rings is 2. The van der Waals surface area contributed by atoms with Crippen LogP contribution in [0.1, 0.15) is 31.2 Å². The average molecular weight is 318 g/mol. The molecule has 1 aromatic rings. The van der Waals surface area contributed by atoms with Crippen LogP contribution in [0.2, 0.25) is 0 Å². The second-order valence-corrected chi connectivity index (χ2v) is 7.02. The Bertz CT molecular complexity index is 492. The van der Waals surface area contributed by atoms with Crippen molar-refractivity contribution in [2.24, 2.45) is 5.92 Å². The molecule has 2 fully saturated rings. The van der Waals surface area contributed by atoms with Crippen molar-refractivity contribution < 1.29 is 9.47 Å². The van der Waals surface area contributed by atoms with E-state index in [-0.39, 0.29) is 0 Å². The molecule has 2 aliphatic heterocycles. The standard InChI is InChI=1S/C19H30N2O2/c1-21-10-7-17(8-11-21)23-19-13-15(5-6-18(19)22-2)12-16-4-3-9-20-14-16/h5-6,13,16-17,20H,3-4,7-12,14H2,1-2H3. The molecule has 2 heterocycles. The van der Waals surface area contributed by atoms with Crippen LogP contribution in [0.5, 0.6) is 11.5 Å². The van der Waals surface area contributed by atoms with Gasteiger partial charge in [0.25, 0.3) is 0 Å². The third-order valence-electron chi connectivity index (χ3n) is 5.11.